The van der Waals surface area contributed by atoms with Gasteiger partial charge in [-0.15, -0.1) is 0 Å². The van der Waals surface area contributed by atoms with Crippen molar-refractivity contribution >= 4 is 39.1 Å². The lowest BCUT2D eigenvalue weighted by Gasteiger charge is -2.10. The van der Waals surface area contributed by atoms with Crippen LogP contribution in [-0.4, -0.2) is 14.2 Å². The molecule has 6 nitrogen and oxygen atoms in total. The standard InChI is InChI=1S/C16H11Cl2NO5S/c17-11-7-6-9(8-12(11)18)14-13(20)15(16(19)23-14)24-25(21,22)10-4-2-1-3-5-10/h1-8,14H,19H2. The monoisotopic (exact) mass is 399 g/mol. The average Bonchev–Trinajstić information content (AvgIpc) is 2.86. The summed E-state index contributed by atoms with van der Waals surface area (Å²) in [4.78, 5) is 12.4. The summed E-state index contributed by atoms with van der Waals surface area (Å²) < 4.78 is 34.7. The van der Waals surface area contributed by atoms with Crippen molar-refractivity contribution < 1.29 is 22.1 Å². The van der Waals surface area contributed by atoms with E-state index >= 15 is 0 Å². The lowest BCUT2D eigenvalue weighted by molar-refractivity contribution is -0.123. The zero-order valence-corrected chi connectivity index (χ0v) is 14.8. The molecule has 0 aliphatic carbocycles. The molecular formula is C16H11Cl2NO5S. The van der Waals surface area contributed by atoms with E-state index in [0.717, 1.165) is 0 Å². The van der Waals surface area contributed by atoms with Crippen molar-refractivity contribution in [3.05, 3.63) is 75.8 Å². The molecule has 0 fully saturated rings. The number of halogens is 2. The third-order valence-electron chi connectivity index (χ3n) is 3.40. The first-order valence-corrected chi connectivity index (χ1v) is 9.11. The van der Waals surface area contributed by atoms with Crippen molar-refractivity contribution in [2.24, 2.45) is 5.73 Å². The second kappa shape index (κ2) is 6.59. The molecule has 1 heterocycles. The van der Waals surface area contributed by atoms with Gasteiger partial charge in [0.15, 0.2) is 6.10 Å². The van der Waals surface area contributed by atoms with E-state index in [2.05, 4.69) is 0 Å². The van der Waals surface area contributed by atoms with Crippen molar-refractivity contribution in [2.45, 2.75) is 11.0 Å². The van der Waals surface area contributed by atoms with Gasteiger partial charge < -0.3 is 14.7 Å². The minimum atomic E-state index is -4.22. The molecule has 1 aliphatic rings. The summed E-state index contributed by atoms with van der Waals surface area (Å²) in [5.74, 6) is -1.71. The molecule has 0 saturated heterocycles. The number of hydrogen-bond donors (Lipinski definition) is 1. The van der Waals surface area contributed by atoms with Gasteiger partial charge in [0, 0.05) is 5.56 Å². The molecular weight excluding hydrogens is 389 g/mol. The predicted octanol–water partition coefficient (Wildman–Crippen LogP) is 3.17. The summed E-state index contributed by atoms with van der Waals surface area (Å²) in [5, 5.41) is 0.528. The van der Waals surface area contributed by atoms with Crippen molar-refractivity contribution in [3.8, 4) is 0 Å². The zero-order valence-electron chi connectivity index (χ0n) is 12.5. The summed E-state index contributed by atoms with van der Waals surface area (Å²) in [6.45, 7) is 0. The Labute approximate surface area is 153 Å². The van der Waals surface area contributed by atoms with Crippen LogP contribution in [0.15, 0.2) is 65.1 Å². The molecule has 1 aliphatic heterocycles. The number of ether oxygens (including phenoxy) is 1. The van der Waals surface area contributed by atoms with E-state index in [0.29, 0.717) is 10.6 Å². The van der Waals surface area contributed by atoms with Crippen LogP contribution in [0.1, 0.15) is 11.7 Å². The maximum atomic E-state index is 12.5. The molecule has 2 N–H and O–H groups in total. The summed E-state index contributed by atoms with van der Waals surface area (Å²) in [5.41, 5.74) is 6.01. The van der Waals surface area contributed by atoms with Crippen LogP contribution in [0.25, 0.3) is 0 Å². The van der Waals surface area contributed by atoms with Crippen molar-refractivity contribution in [3.63, 3.8) is 0 Å². The molecule has 1 unspecified atom stereocenters. The number of carbonyl (C=O) groups excluding carboxylic acids is 1. The number of benzene rings is 2. The molecule has 0 spiro atoms. The molecule has 2 aromatic carbocycles. The van der Waals surface area contributed by atoms with Crippen LogP contribution >= 0.6 is 23.2 Å². The Morgan fingerprint density at radius 1 is 1.04 bits per heavy atom. The van der Waals surface area contributed by atoms with Gasteiger partial charge in [-0.25, -0.2) is 0 Å². The second-order valence-corrected chi connectivity index (χ2v) is 7.44. The fourth-order valence-corrected chi connectivity index (χ4v) is 3.47. The van der Waals surface area contributed by atoms with E-state index in [1.165, 1.54) is 42.5 Å². The Morgan fingerprint density at radius 3 is 2.36 bits per heavy atom. The van der Waals surface area contributed by atoms with Gasteiger partial charge in [-0.05, 0) is 24.3 Å². The predicted molar refractivity (Wildman–Crippen MR) is 91.2 cm³/mol. The molecule has 25 heavy (non-hydrogen) atoms. The Balaban J connectivity index is 1.87. The quantitative estimate of drug-likeness (QED) is 0.793. The number of rotatable bonds is 4. The largest absolute Gasteiger partial charge is 0.460 e. The number of ketones is 1. The summed E-state index contributed by atoms with van der Waals surface area (Å²) in [7, 11) is -4.22. The van der Waals surface area contributed by atoms with Gasteiger partial charge in [0.2, 0.25) is 17.4 Å². The van der Waals surface area contributed by atoms with Gasteiger partial charge in [-0.2, -0.15) is 8.42 Å². The SMILES string of the molecule is NC1=C(OS(=O)(=O)c2ccccc2)C(=O)C(c2ccc(Cl)c(Cl)c2)O1. The molecule has 130 valence electrons. The van der Waals surface area contributed by atoms with E-state index in [4.69, 9.17) is 37.9 Å². The van der Waals surface area contributed by atoms with Crippen LogP contribution < -0.4 is 5.73 Å². The first kappa shape index (κ1) is 17.6. The summed E-state index contributed by atoms with van der Waals surface area (Å²) >= 11 is 11.8. The topological polar surface area (TPSA) is 95.7 Å². The van der Waals surface area contributed by atoms with Gasteiger partial charge in [-0.1, -0.05) is 47.5 Å². The van der Waals surface area contributed by atoms with E-state index < -0.39 is 33.6 Å². The molecule has 9 heteroatoms. The van der Waals surface area contributed by atoms with E-state index in [9.17, 15) is 13.2 Å². The average molecular weight is 400 g/mol. The van der Waals surface area contributed by atoms with Crippen molar-refractivity contribution in [2.75, 3.05) is 0 Å². The third-order valence-corrected chi connectivity index (χ3v) is 5.38. The van der Waals surface area contributed by atoms with E-state index in [1.807, 2.05) is 0 Å². The normalized spacial score (nSPS) is 17.5. The van der Waals surface area contributed by atoms with Crippen LogP contribution in [-0.2, 0) is 23.8 Å². The highest BCUT2D eigenvalue weighted by Gasteiger charge is 2.40. The molecule has 0 amide bonds. The highest BCUT2D eigenvalue weighted by molar-refractivity contribution is 7.86. The molecule has 0 radical (unpaired) electrons. The number of nitrogens with two attached hydrogens (primary N) is 1. The highest BCUT2D eigenvalue weighted by Crippen LogP contribution is 2.35. The molecule has 1 atom stereocenters. The van der Waals surface area contributed by atoms with Crippen LogP contribution in [0, 0.1) is 0 Å². The number of hydrogen-bond acceptors (Lipinski definition) is 6. The maximum Gasteiger partial charge on any atom is 0.339 e. The van der Waals surface area contributed by atoms with Gasteiger partial charge in [0.05, 0.1) is 10.0 Å². The van der Waals surface area contributed by atoms with E-state index in [1.54, 1.807) is 6.07 Å². The van der Waals surface area contributed by atoms with Gasteiger partial charge in [0.25, 0.3) is 0 Å². The fraction of sp³-hybridized carbons (Fsp3) is 0.0625. The molecule has 0 bridgehead atoms. The molecule has 2 aromatic rings. The molecule has 3 rings (SSSR count). The number of carbonyl (C=O) groups is 1. The summed E-state index contributed by atoms with van der Waals surface area (Å²) in [6.07, 6.45) is -1.16. The minimum absolute atomic E-state index is 0.110. The minimum Gasteiger partial charge on any atom is -0.460 e. The Bertz CT molecular complexity index is 973. The Hall–Kier alpha value is -2.22. The maximum absolute atomic E-state index is 12.5. The lowest BCUT2D eigenvalue weighted by atomic mass is 10.1. The zero-order chi connectivity index (χ0) is 18.2. The fourth-order valence-electron chi connectivity index (χ4n) is 2.20. The van der Waals surface area contributed by atoms with Gasteiger partial charge in [0.1, 0.15) is 4.90 Å². The number of Topliss-reactive ketones (excluding diaryl/α,β-unsaturated/α-hetero) is 1. The van der Waals surface area contributed by atoms with Crippen molar-refractivity contribution in [1.82, 2.24) is 0 Å². The van der Waals surface area contributed by atoms with E-state index in [-0.39, 0.29) is 9.92 Å². The first-order chi connectivity index (χ1) is 11.8. The Morgan fingerprint density at radius 2 is 1.72 bits per heavy atom. The van der Waals surface area contributed by atoms with Crippen molar-refractivity contribution in [1.29, 1.82) is 0 Å². The molecule has 0 aromatic heterocycles. The van der Waals surface area contributed by atoms with Gasteiger partial charge in [-0.3, -0.25) is 4.79 Å². The lowest BCUT2D eigenvalue weighted by Crippen LogP contribution is -2.15. The Kier molecular flexibility index (Phi) is 4.64. The second-order valence-electron chi connectivity index (χ2n) is 5.08. The summed E-state index contributed by atoms with van der Waals surface area (Å²) in [6, 6.07) is 11.8. The van der Waals surface area contributed by atoms with Crippen LogP contribution in [0.3, 0.4) is 0 Å². The first-order valence-electron chi connectivity index (χ1n) is 6.94. The van der Waals surface area contributed by atoms with Crippen LogP contribution in [0.5, 0.6) is 0 Å². The smallest absolute Gasteiger partial charge is 0.339 e. The third kappa shape index (κ3) is 3.44. The van der Waals surface area contributed by atoms with Gasteiger partial charge >= 0.3 is 10.1 Å². The van der Waals surface area contributed by atoms with Crippen LogP contribution in [0.2, 0.25) is 10.0 Å². The molecule has 0 saturated carbocycles. The highest BCUT2D eigenvalue weighted by atomic mass is 35.5. The van der Waals surface area contributed by atoms with Crippen LogP contribution in [0.4, 0.5) is 0 Å².